The summed E-state index contributed by atoms with van der Waals surface area (Å²) in [4.78, 5) is 2.22. The summed E-state index contributed by atoms with van der Waals surface area (Å²) in [5.74, 6) is 0. The highest BCUT2D eigenvalue weighted by atomic mass is 16.5. The van der Waals surface area contributed by atoms with Crippen LogP contribution in [0.5, 0.6) is 0 Å². The van der Waals surface area contributed by atoms with E-state index in [1.54, 1.807) is 0 Å². The van der Waals surface area contributed by atoms with Crippen molar-refractivity contribution in [2.75, 3.05) is 32.8 Å². The minimum atomic E-state index is 0.129. The molecule has 0 radical (unpaired) electrons. The molecule has 0 spiro atoms. The monoisotopic (exact) mass is 159 g/mol. The molecule has 0 aliphatic carbocycles. The highest BCUT2D eigenvalue weighted by Gasteiger charge is 2.15. The van der Waals surface area contributed by atoms with Crippen LogP contribution >= 0.6 is 0 Å². The third-order valence-electron chi connectivity index (χ3n) is 1.98. The Morgan fingerprint density at radius 1 is 1.36 bits per heavy atom. The number of hydrogen-bond acceptors (Lipinski definition) is 4. The number of hydrogen-bond donors (Lipinski definition) is 2. The summed E-state index contributed by atoms with van der Waals surface area (Å²) in [5, 5.41) is 0. The van der Waals surface area contributed by atoms with Crippen molar-refractivity contribution in [3.05, 3.63) is 0 Å². The number of ether oxygens (including phenoxy) is 1. The Bertz CT molecular complexity index is 104. The molecule has 4 N–H and O–H groups in total. The second-order valence-electron chi connectivity index (χ2n) is 2.79. The lowest BCUT2D eigenvalue weighted by Crippen LogP contribution is -2.48. The summed E-state index contributed by atoms with van der Waals surface area (Å²) in [7, 11) is 0. The summed E-state index contributed by atoms with van der Waals surface area (Å²) in [6, 6.07) is 0. The molecule has 4 heteroatoms. The Hall–Kier alpha value is -0.160. The lowest BCUT2D eigenvalue weighted by Gasteiger charge is -2.31. The van der Waals surface area contributed by atoms with Crippen molar-refractivity contribution in [2.45, 2.75) is 12.6 Å². The van der Waals surface area contributed by atoms with Crippen LogP contribution in [0.15, 0.2) is 0 Å². The second-order valence-corrected chi connectivity index (χ2v) is 2.79. The van der Waals surface area contributed by atoms with E-state index in [0.717, 1.165) is 32.7 Å². The standard InChI is InChI=1S/C7H17N3O/c8-2-1-7(9)10-3-5-11-6-4-10/h7H,1-6,8-9H2. The third-order valence-corrected chi connectivity index (χ3v) is 1.98. The zero-order valence-electron chi connectivity index (χ0n) is 6.83. The van der Waals surface area contributed by atoms with Gasteiger partial charge in [0.25, 0.3) is 0 Å². The van der Waals surface area contributed by atoms with E-state index in [-0.39, 0.29) is 6.17 Å². The fourth-order valence-electron chi connectivity index (χ4n) is 1.26. The van der Waals surface area contributed by atoms with Gasteiger partial charge in [-0.25, -0.2) is 0 Å². The van der Waals surface area contributed by atoms with Crippen molar-refractivity contribution in [3.8, 4) is 0 Å². The Balaban J connectivity index is 2.21. The zero-order valence-corrected chi connectivity index (χ0v) is 6.83. The summed E-state index contributed by atoms with van der Waals surface area (Å²) in [5.41, 5.74) is 11.2. The predicted molar refractivity (Wildman–Crippen MR) is 44.0 cm³/mol. The first-order chi connectivity index (χ1) is 5.34. The molecule has 1 aliphatic heterocycles. The molecule has 0 amide bonds. The smallest absolute Gasteiger partial charge is 0.0594 e. The molecular weight excluding hydrogens is 142 g/mol. The van der Waals surface area contributed by atoms with Gasteiger partial charge in [0, 0.05) is 13.1 Å². The molecule has 1 rings (SSSR count). The minimum Gasteiger partial charge on any atom is -0.379 e. The predicted octanol–water partition coefficient (Wildman–Crippen LogP) is -1.05. The fraction of sp³-hybridized carbons (Fsp3) is 1.00. The third kappa shape index (κ3) is 2.75. The Morgan fingerprint density at radius 3 is 2.55 bits per heavy atom. The second kappa shape index (κ2) is 4.66. The lowest BCUT2D eigenvalue weighted by molar-refractivity contribution is 0.0166. The number of nitrogens with two attached hydrogens (primary N) is 2. The van der Waals surface area contributed by atoms with Gasteiger partial charge >= 0.3 is 0 Å². The van der Waals surface area contributed by atoms with E-state index >= 15 is 0 Å². The van der Waals surface area contributed by atoms with E-state index in [0.29, 0.717) is 6.54 Å². The topological polar surface area (TPSA) is 64.5 Å². The Labute approximate surface area is 67.5 Å². The van der Waals surface area contributed by atoms with Crippen LogP contribution in [0, 0.1) is 0 Å². The molecule has 66 valence electrons. The summed E-state index contributed by atoms with van der Waals surface area (Å²) in [6.45, 7) is 4.16. The largest absolute Gasteiger partial charge is 0.379 e. The maximum absolute atomic E-state index is 5.85. The van der Waals surface area contributed by atoms with Crippen LogP contribution in [-0.2, 0) is 4.74 Å². The number of morpholine rings is 1. The minimum absolute atomic E-state index is 0.129. The fourth-order valence-corrected chi connectivity index (χ4v) is 1.26. The molecule has 1 heterocycles. The maximum Gasteiger partial charge on any atom is 0.0594 e. The molecule has 0 aromatic heterocycles. The molecule has 1 atom stereocenters. The molecule has 1 saturated heterocycles. The van der Waals surface area contributed by atoms with Gasteiger partial charge in [0.15, 0.2) is 0 Å². The SMILES string of the molecule is NCCC(N)N1CCOCC1. The van der Waals surface area contributed by atoms with Crippen molar-refractivity contribution in [2.24, 2.45) is 11.5 Å². The van der Waals surface area contributed by atoms with E-state index in [4.69, 9.17) is 16.2 Å². The number of rotatable bonds is 3. The highest BCUT2D eigenvalue weighted by molar-refractivity contribution is 4.68. The van der Waals surface area contributed by atoms with Crippen LogP contribution < -0.4 is 11.5 Å². The van der Waals surface area contributed by atoms with Crippen molar-refractivity contribution >= 4 is 0 Å². The van der Waals surface area contributed by atoms with Crippen molar-refractivity contribution in [1.82, 2.24) is 4.90 Å². The van der Waals surface area contributed by atoms with Crippen molar-refractivity contribution in [3.63, 3.8) is 0 Å². The van der Waals surface area contributed by atoms with Gasteiger partial charge in [0.05, 0.1) is 19.4 Å². The van der Waals surface area contributed by atoms with Gasteiger partial charge < -0.3 is 16.2 Å². The van der Waals surface area contributed by atoms with Crippen LogP contribution in [0.1, 0.15) is 6.42 Å². The first-order valence-corrected chi connectivity index (χ1v) is 4.12. The Kier molecular flexibility index (Phi) is 3.79. The highest BCUT2D eigenvalue weighted by Crippen LogP contribution is 2.01. The van der Waals surface area contributed by atoms with Gasteiger partial charge in [0.2, 0.25) is 0 Å². The van der Waals surface area contributed by atoms with Crippen LogP contribution in [0.2, 0.25) is 0 Å². The Morgan fingerprint density at radius 2 is 2.00 bits per heavy atom. The average molecular weight is 159 g/mol. The van der Waals surface area contributed by atoms with Crippen LogP contribution in [0.25, 0.3) is 0 Å². The zero-order chi connectivity index (χ0) is 8.10. The average Bonchev–Trinajstić information content (AvgIpc) is 2.07. The summed E-state index contributed by atoms with van der Waals surface area (Å²) >= 11 is 0. The molecule has 4 nitrogen and oxygen atoms in total. The van der Waals surface area contributed by atoms with Gasteiger partial charge in [-0.3, -0.25) is 4.90 Å². The van der Waals surface area contributed by atoms with Gasteiger partial charge in [-0.15, -0.1) is 0 Å². The molecule has 1 unspecified atom stereocenters. The van der Waals surface area contributed by atoms with Crippen molar-refractivity contribution < 1.29 is 4.74 Å². The van der Waals surface area contributed by atoms with E-state index in [2.05, 4.69) is 4.90 Å². The molecular formula is C7H17N3O. The first-order valence-electron chi connectivity index (χ1n) is 4.12. The summed E-state index contributed by atoms with van der Waals surface area (Å²) < 4.78 is 5.20. The summed E-state index contributed by atoms with van der Waals surface area (Å²) in [6.07, 6.45) is 1.00. The quantitative estimate of drug-likeness (QED) is 0.551. The van der Waals surface area contributed by atoms with Crippen molar-refractivity contribution in [1.29, 1.82) is 0 Å². The van der Waals surface area contributed by atoms with Crippen LogP contribution in [-0.4, -0.2) is 43.9 Å². The van der Waals surface area contributed by atoms with Crippen LogP contribution in [0.3, 0.4) is 0 Å². The molecule has 1 aliphatic rings. The number of nitrogens with zero attached hydrogens (tertiary/aromatic N) is 1. The van der Waals surface area contributed by atoms with E-state index in [9.17, 15) is 0 Å². The maximum atomic E-state index is 5.85. The molecule has 1 fully saturated rings. The first kappa shape index (κ1) is 8.93. The van der Waals surface area contributed by atoms with E-state index in [1.165, 1.54) is 0 Å². The van der Waals surface area contributed by atoms with E-state index < -0.39 is 0 Å². The molecule has 0 aromatic carbocycles. The van der Waals surface area contributed by atoms with Gasteiger partial charge in [-0.1, -0.05) is 0 Å². The molecule has 11 heavy (non-hydrogen) atoms. The lowest BCUT2D eigenvalue weighted by atomic mass is 10.3. The normalized spacial score (nSPS) is 23.5. The van der Waals surface area contributed by atoms with Gasteiger partial charge in [0.1, 0.15) is 0 Å². The molecule has 0 saturated carbocycles. The van der Waals surface area contributed by atoms with E-state index in [1.807, 2.05) is 0 Å². The molecule has 0 aromatic rings. The molecule has 0 bridgehead atoms. The van der Waals surface area contributed by atoms with Crippen LogP contribution in [0.4, 0.5) is 0 Å². The van der Waals surface area contributed by atoms with Gasteiger partial charge in [-0.2, -0.15) is 0 Å². The van der Waals surface area contributed by atoms with Gasteiger partial charge in [-0.05, 0) is 13.0 Å².